The molecular formula is C25H22ClNO7S. The smallest absolute Gasteiger partial charge is 0.325 e. The lowest BCUT2D eigenvalue weighted by Crippen LogP contribution is -2.50. The SMILES string of the molecule is COc1cccc([C@@H]2CC2(C(=O)O)N(CC(=O)O)S(=O)(=O)c2ccc(-c3ccc(Cl)cc3)cc2)c1. The molecule has 1 saturated carbocycles. The van der Waals surface area contributed by atoms with Crippen LogP contribution < -0.4 is 4.74 Å². The molecule has 0 radical (unpaired) electrons. The van der Waals surface area contributed by atoms with Crippen molar-refractivity contribution in [1.29, 1.82) is 0 Å². The molecular weight excluding hydrogens is 494 g/mol. The van der Waals surface area contributed by atoms with E-state index in [2.05, 4.69) is 0 Å². The molecule has 0 aliphatic heterocycles. The lowest BCUT2D eigenvalue weighted by molar-refractivity contribution is -0.145. The number of sulfonamides is 1. The summed E-state index contributed by atoms with van der Waals surface area (Å²) >= 11 is 5.92. The second-order valence-electron chi connectivity index (χ2n) is 8.20. The van der Waals surface area contributed by atoms with Crippen molar-refractivity contribution in [2.45, 2.75) is 22.8 Å². The summed E-state index contributed by atoms with van der Waals surface area (Å²) in [7, 11) is -3.02. The monoisotopic (exact) mass is 515 g/mol. The summed E-state index contributed by atoms with van der Waals surface area (Å²) in [5, 5.41) is 20.2. The van der Waals surface area contributed by atoms with Crippen LogP contribution in [0.25, 0.3) is 11.1 Å². The van der Waals surface area contributed by atoms with Crippen LogP contribution in [0.3, 0.4) is 0 Å². The predicted molar refractivity (Wildman–Crippen MR) is 129 cm³/mol. The third kappa shape index (κ3) is 4.62. The van der Waals surface area contributed by atoms with E-state index >= 15 is 0 Å². The van der Waals surface area contributed by atoms with Crippen molar-refractivity contribution in [2.24, 2.45) is 0 Å². The molecule has 182 valence electrons. The van der Waals surface area contributed by atoms with E-state index in [0.717, 1.165) is 11.1 Å². The van der Waals surface area contributed by atoms with E-state index in [1.807, 2.05) is 0 Å². The minimum absolute atomic E-state index is 0.0646. The summed E-state index contributed by atoms with van der Waals surface area (Å²) in [6.45, 7) is -0.992. The highest BCUT2D eigenvalue weighted by Gasteiger charge is 2.68. The Morgan fingerprint density at radius 2 is 1.63 bits per heavy atom. The molecule has 3 aromatic rings. The van der Waals surface area contributed by atoms with Gasteiger partial charge < -0.3 is 14.9 Å². The second kappa shape index (κ2) is 9.33. The van der Waals surface area contributed by atoms with Gasteiger partial charge in [-0.3, -0.25) is 9.59 Å². The Kier molecular flexibility index (Phi) is 6.59. The molecule has 0 bridgehead atoms. The van der Waals surface area contributed by atoms with Crippen molar-refractivity contribution >= 4 is 33.6 Å². The Bertz CT molecular complexity index is 1370. The molecule has 0 spiro atoms. The van der Waals surface area contributed by atoms with Gasteiger partial charge in [-0.25, -0.2) is 8.42 Å². The van der Waals surface area contributed by atoms with Crippen LogP contribution in [0.5, 0.6) is 5.75 Å². The first-order valence-corrected chi connectivity index (χ1v) is 12.4. The first-order chi connectivity index (χ1) is 16.6. The highest BCUT2D eigenvalue weighted by molar-refractivity contribution is 7.89. The average molecular weight is 516 g/mol. The molecule has 3 aromatic carbocycles. The summed E-state index contributed by atoms with van der Waals surface area (Å²) in [6, 6.07) is 19.5. The van der Waals surface area contributed by atoms with E-state index in [0.29, 0.717) is 20.6 Å². The van der Waals surface area contributed by atoms with Crippen LogP contribution in [0.2, 0.25) is 5.02 Å². The number of halogens is 1. The van der Waals surface area contributed by atoms with Crippen molar-refractivity contribution in [2.75, 3.05) is 13.7 Å². The number of carboxylic acids is 2. The van der Waals surface area contributed by atoms with E-state index < -0.39 is 40.0 Å². The van der Waals surface area contributed by atoms with Crippen molar-refractivity contribution in [1.82, 2.24) is 4.31 Å². The first-order valence-electron chi connectivity index (χ1n) is 10.6. The third-order valence-corrected chi connectivity index (χ3v) is 8.30. The first kappa shape index (κ1) is 24.7. The quantitative estimate of drug-likeness (QED) is 0.440. The summed E-state index contributed by atoms with van der Waals surface area (Å²) in [4.78, 5) is 23.9. The average Bonchev–Trinajstić information content (AvgIpc) is 3.60. The van der Waals surface area contributed by atoms with E-state index in [1.165, 1.54) is 19.2 Å². The van der Waals surface area contributed by atoms with Gasteiger partial charge in [-0.05, 0) is 59.5 Å². The number of carbonyl (C=O) groups is 2. The molecule has 8 nitrogen and oxygen atoms in total. The minimum Gasteiger partial charge on any atom is -0.497 e. The van der Waals surface area contributed by atoms with Gasteiger partial charge in [-0.2, -0.15) is 4.31 Å². The van der Waals surface area contributed by atoms with Crippen LogP contribution in [0.4, 0.5) is 0 Å². The number of ether oxygens (including phenoxy) is 1. The highest BCUT2D eigenvalue weighted by Crippen LogP contribution is 2.57. The fraction of sp³-hybridized carbons (Fsp3) is 0.200. The maximum Gasteiger partial charge on any atom is 0.325 e. The Morgan fingerprint density at radius 3 is 2.17 bits per heavy atom. The second-order valence-corrected chi connectivity index (χ2v) is 10.5. The number of hydrogen-bond donors (Lipinski definition) is 2. The third-order valence-electron chi connectivity index (χ3n) is 6.14. The maximum atomic E-state index is 13.6. The van der Waals surface area contributed by atoms with Gasteiger partial charge >= 0.3 is 11.9 Å². The summed E-state index contributed by atoms with van der Waals surface area (Å²) in [5.41, 5.74) is 0.149. The molecule has 0 saturated heterocycles. The molecule has 35 heavy (non-hydrogen) atoms. The molecule has 1 unspecified atom stereocenters. The summed E-state index contributed by atoms with van der Waals surface area (Å²) in [6.07, 6.45) is -0.0646. The number of methoxy groups -OCH3 is 1. The van der Waals surface area contributed by atoms with E-state index in [-0.39, 0.29) is 11.3 Å². The van der Waals surface area contributed by atoms with Crippen LogP contribution in [-0.2, 0) is 19.6 Å². The normalized spacial score (nSPS) is 19.3. The van der Waals surface area contributed by atoms with E-state index in [9.17, 15) is 28.2 Å². The van der Waals surface area contributed by atoms with Gasteiger partial charge in [0, 0.05) is 10.9 Å². The number of benzene rings is 3. The number of nitrogens with zero attached hydrogens (tertiary/aromatic N) is 1. The van der Waals surface area contributed by atoms with Gasteiger partial charge in [0.1, 0.15) is 17.8 Å². The molecule has 1 aliphatic rings. The van der Waals surface area contributed by atoms with Crippen LogP contribution in [-0.4, -0.2) is 54.1 Å². The Hall–Kier alpha value is -3.40. The molecule has 0 amide bonds. The molecule has 1 aliphatic carbocycles. The van der Waals surface area contributed by atoms with Gasteiger partial charge in [0.05, 0.1) is 12.0 Å². The van der Waals surface area contributed by atoms with Gasteiger partial charge in [0.25, 0.3) is 0 Å². The molecule has 2 N–H and O–H groups in total. The van der Waals surface area contributed by atoms with Gasteiger partial charge in [-0.15, -0.1) is 0 Å². The lowest BCUT2D eigenvalue weighted by Gasteiger charge is -2.28. The lowest BCUT2D eigenvalue weighted by atomic mass is 10.1. The van der Waals surface area contributed by atoms with Gasteiger partial charge in [-0.1, -0.05) is 48.0 Å². The minimum atomic E-state index is -4.48. The van der Waals surface area contributed by atoms with Crippen molar-refractivity contribution < 1.29 is 33.0 Å². The van der Waals surface area contributed by atoms with E-state index in [1.54, 1.807) is 60.7 Å². The fourth-order valence-electron chi connectivity index (χ4n) is 4.28. The molecule has 0 heterocycles. The molecule has 1 fully saturated rings. The van der Waals surface area contributed by atoms with Crippen LogP contribution in [0.15, 0.2) is 77.7 Å². The standard InChI is InChI=1S/C25H22ClNO7S/c1-34-20-4-2-3-18(13-20)22-14-25(22,24(30)31)27(15-23(28)29)35(32,33)21-11-7-17(8-12-21)16-5-9-19(26)10-6-16/h2-13,22H,14-15H2,1H3,(H,28,29)(H,30,31)/t22-,25?/m0/s1. The Balaban J connectivity index is 1.73. The summed E-state index contributed by atoms with van der Waals surface area (Å²) in [5.74, 6) is -3.12. The van der Waals surface area contributed by atoms with Crippen molar-refractivity contribution in [3.63, 3.8) is 0 Å². The van der Waals surface area contributed by atoms with Crippen LogP contribution in [0, 0.1) is 0 Å². The van der Waals surface area contributed by atoms with Crippen LogP contribution >= 0.6 is 11.6 Å². The number of hydrogen-bond acceptors (Lipinski definition) is 5. The summed E-state index contributed by atoms with van der Waals surface area (Å²) < 4.78 is 33.0. The largest absolute Gasteiger partial charge is 0.497 e. The maximum absolute atomic E-state index is 13.6. The predicted octanol–water partition coefficient (Wildman–Crippen LogP) is 4.10. The zero-order valence-electron chi connectivity index (χ0n) is 18.6. The van der Waals surface area contributed by atoms with Gasteiger partial charge in [0.15, 0.2) is 0 Å². The number of rotatable bonds is 9. The highest BCUT2D eigenvalue weighted by atomic mass is 35.5. The molecule has 4 rings (SSSR count). The zero-order valence-corrected chi connectivity index (χ0v) is 20.2. The topological polar surface area (TPSA) is 121 Å². The molecule has 0 aromatic heterocycles. The van der Waals surface area contributed by atoms with Crippen LogP contribution in [0.1, 0.15) is 17.9 Å². The fourth-order valence-corrected chi connectivity index (χ4v) is 6.12. The van der Waals surface area contributed by atoms with E-state index in [4.69, 9.17) is 16.3 Å². The van der Waals surface area contributed by atoms with Crippen molar-refractivity contribution in [3.05, 3.63) is 83.4 Å². The molecule has 10 heteroatoms. The molecule has 2 atom stereocenters. The van der Waals surface area contributed by atoms with Crippen molar-refractivity contribution in [3.8, 4) is 16.9 Å². The zero-order chi connectivity index (χ0) is 25.4. The van der Waals surface area contributed by atoms with Gasteiger partial charge in [0.2, 0.25) is 10.0 Å². The Labute approximate surface area is 207 Å². The number of aliphatic carboxylic acids is 2. The Morgan fingerprint density at radius 1 is 1.03 bits per heavy atom. The number of carboxylic acid groups (broad SMARTS) is 2.